The second-order valence-electron chi connectivity index (χ2n) is 2.58. The van der Waals surface area contributed by atoms with Crippen molar-refractivity contribution in [2.45, 2.75) is 13.3 Å². The Bertz CT molecular complexity index is 225. The summed E-state index contributed by atoms with van der Waals surface area (Å²) in [4.78, 5) is 0. The van der Waals surface area contributed by atoms with Crippen LogP contribution in [0.4, 0.5) is 0 Å². The number of aromatic nitrogens is 2. The van der Waals surface area contributed by atoms with Crippen LogP contribution in [0.2, 0.25) is 0 Å². The summed E-state index contributed by atoms with van der Waals surface area (Å²) in [6.45, 7) is 1.70. The van der Waals surface area contributed by atoms with E-state index in [1.807, 2.05) is 22.5 Å². The van der Waals surface area contributed by atoms with Gasteiger partial charge >= 0.3 is 0 Å². The third kappa shape index (κ3) is 2.87. The molecule has 0 aliphatic heterocycles. The van der Waals surface area contributed by atoms with Gasteiger partial charge in [-0.15, -0.1) is 0 Å². The third-order valence-corrected chi connectivity index (χ3v) is 2.17. The van der Waals surface area contributed by atoms with Crippen LogP contribution in [0, 0.1) is 0 Å². The number of imidazole rings is 1. The molecular formula is C8H15N2OS+. The number of thioether (sulfide) groups is 1. The van der Waals surface area contributed by atoms with Gasteiger partial charge in [0, 0.05) is 12.9 Å². The van der Waals surface area contributed by atoms with Gasteiger partial charge in [0.25, 0.3) is 0 Å². The van der Waals surface area contributed by atoms with Gasteiger partial charge in [0.05, 0.1) is 6.54 Å². The summed E-state index contributed by atoms with van der Waals surface area (Å²) in [5, 5.41) is 0. The molecule has 12 heavy (non-hydrogen) atoms. The van der Waals surface area contributed by atoms with Crippen molar-refractivity contribution in [1.82, 2.24) is 4.57 Å². The molecule has 0 unspecified atom stereocenters. The molecule has 0 atom stereocenters. The molecular weight excluding hydrogens is 172 g/mol. The maximum atomic E-state index is 4.99. The van der Waals surface area contributed by atoms with E-state index in [4.69, 9.17) is 4.74 Å². The molecule has 0 bridgehead atoms. The maximum absolute atomic E-state index is 4.99. The molecule has 0 N–H and O–H groups in total. The fourth-order valence-corrected chi connectivity index (χ4v) is 1.39. The summed E-state index contributed by atoms with van der Waals surface area (Å²) in [7, 11) is 1.70. The summed E-state index contributed by atoms with van der Waals surface area (Å²) in [6.07, 6.45) is 8.26. The van der Waals surface area contributed by atoms with Gasteiger partial charge in [0.2, 0.25) is 6.33 Å². The molecule has 4 heteroatoms. The van der Waals surface area contributed by atoms with Crippen LogP contribution in [0.15, 0.2) is 18.7 Å². The average molecular weight is 187 g/mol. The van der Waals surface area contributed by atoms with Gasteiger partial charge < -0.3 is 4.74 Å². The zero-order valence-electron chi connectivity index (χ0n) is 7.56. The van der Waals surface area contributed by atoms with Crippen LogP contribution >= 0.6 is 11.8 Å². The van der Waals surface area contributed by atoms with Crippen molar-refractivity contribution in [3.63, 3.8) is 0 Å². The number of nitrogens with zero attached hydrogens (tertiary/aromatic N) is 2. The zero-order chi connectivity index (χ0) is 8.81. The largest absolute Gasteiger partial charge is 0.345 e. The van der Waals surface area contributed by atoms with E-state index in [1.165, 1.54) is 0 Å². The molecule has 1 rings (SSSR count). The number of hydrogen-bond acceptors (Lipinski definition) is 2. The number of hydrogen-bond donors (Lipinski definition) is 0. The minimum absolute atomic E-state index is 0.631. The molecule has 0 aromatic carbocycles. The Morgan fingerprint density at radius 3 is 3.08 bits per heavy atom. The molecule has 0 aliphatic rings. The Morgan fingerprint density at radius 1 is 1.58 bits per heavy atom. The maximum Gasteiger partial charge on any atom is 0.245 e. The van der Waals surface area contributed by atoms with E-state index in [2.05, 4.69) is 23.3 Å². The van der Waals surface area contributed by atoms with Crippen LogP contribution in [0.3, 0.4) is 0 Å². The Morgan fingerprint density at radius 2 is 2.42 bits per heavy atom. The lowest BCUT2D eigenvalue weighted by Crippen LogP contribution is -2.31. The highest BCUT2D eigenvalue weighted by atomic mass is 32.2. The number of methoxy groups -OCH3 is 1. The van der Waals surface area contributed by atoms with Gasteiger partial charge in [-0.25, -0.2) is 9.13 Å². The summed E-state index contributed by atoms with van der Waals surface area (Å²) in [5.41, 5.74) is 0. The van der Waals surface area contributed by atoms with Crippen molar-refractivity contribution < 1.29 is 9.30 Å². The topological polar surface area (TPSA) is 18.0 Å². The van der Waals surface area contributed by atoms with Crippen molar-refractivity contribution in [3.8, 4) is 0 Å². The number of rotatable bonds is 5. The first-order chi connectivity index (χ1) is 5.86. The summed E-state index contributed by atoms with van der Waals surface area (Å²) < 4.78 is 9.17. The second-order valence-corrected chi connectivity index (χ2v) is 3.56. The minimum Gasteiger partial charge on any atom is -0.345 e. The molecule has 0 saturated heterocycles. The zero-order valence-corrected chi connectivity index (χ0v) is 8.38. The monoisotopic (exact) mass is 187 g/mol. The van der Waals surface area contributed by atoms with Crippen LogP contribution < -0.4 is 4.57 Å². The van der Waals surface area contributed by atoms with Crippen molar-refractivity contribution in [2.24, 2.45) is 0 Å². The smallest absolute Gasteiger partial charge is 0.245 e. The SMILES string of the molecule is COC[n+]1ccn(CCSC)c1. The average Bonchev–Trinajstić information content (AvgIpc) is 2.50. The summed E-state index contributed by atoms with van der Waals surface area (Å²) >= 11 is 1.86. The predicted octanol–water partition coefficient (Wildman–Crippen LogP) is 0.742. The van der Waals surface area contributed by atoms with E-state index in [1.54, 1.807) is 7.11 Å². The molecule has 68 valence electrons. The lowest BCUT2D eigenvalue weighted by atomic mass is 10.7. The molecule has 0 radical (unpaired) electrons. The lowest BCUT2D eigenvalue weighted by Gasteiger charge is -1.93. The standard InChI is InChI=1S/C8H15N2OS/c1-11-8-10-4-3-9(7-10)5-6-12-2/h3-4,7H,5-6,8H2,1-2H3/q+1. The summed E-state index contributed by atoms with van der Waals surface area (Å²) in [5.74, 6) is 1.15. The van der Waals surface area contributed by atoms with Crippen LogP contribution in [-0.4, -0.2) is 23.7 Å². The normalized spacial score (nSPS) is 10.5. The molecule has 0 amide bonds. The van der Waals surface area contributed by atoms with Gasteiger partial charge in [-0.3, -0.25) is 0 Å². The van der Waals surface area contributed by atoms with Crippen molar-refractivity contribution >= 4 is 11.8 Å². The molecule has 3 nitrogen and oxygen atoms in total. The van der Waals surface area contributed by atoms with Gasteiger partial charge in [-0.1, -0.05) is 0 Å². The molecule has 0 fully saturated rings. The van der Waals surface area contributed by atoms with Crippen LogP contribution in [0.25, 0.3) is 0 Å². The van der Waals surface area contributed by atoms with Crippen molar-refractivity contribution in [2.75, 3.05) is 19.1 Å². The Labute approximate surface area is 77.3 Å². The highest BCUT2D eigenvalue weighted by Gasteiger charge is 2.00. The van der Waals surface area contributed by atoms with Gasteiger partial charge in [-0.05, 0) is 6.26 Å². The first-order valence-electron chi connectivity index (χ1n) is 3.89. The Kier molecular flexibility index (Phi) is 4.18. The first kappa shape index (κ1) is 9.61. The van der Waals surface area contributed by atoms with Gasteiger partial charge in [0.15, 0.2) is 6.73 Å². The van der Waals surface area contributed by atoms with E-state index in [0.717, 1.165) is 12.3 Å². The fourth-order valence-electron chi connectivity index (χ4n) is 0.993. The quantitative estimate of drug-likeness (QED) is 0.633. The molecule has 1 aromatic rings. The second kappa shape index (κ2) is 5.22. The predicted molar refractivity (Wildman–Crippen MR) is 50.0 cm³/mol. The van der Waals surface area contributed by atoms with E-state index in [0.29, 0.717) is 6.73 Å². The van der Waals surface area contributed by atoms with Gasteiger partial charge in [-0.2, -0.15) is 11.8 Å². The minimum atomic E-state index is 0.631. The lowest BCUT2D eigenvalue weighted by molar-refractivity contribution is -0.730. The van der Waals surface area contributed by atoms with Crippen LogP contribution in [0.5, 0.6) is 0 Å². The van der Waals surface area contributed by atoms with Crippen molar-refractivity contribution in [3.05, 3.63) is 18.7 Å². The van der Waals surface area contributed by atoms with E-state index >= 15 is 0 Å². The highest BCUT2D eigenvalue weighted by molar-refractivity contribution is 7.98. The van der Waals surface area contributed by atoms with Crippen molar-refractivity contribution in [1.29, 1.82) is 0 Å². The number of ether oxygens (including phenoxy) is 1. The number of aryl methyl sites for hydroxylation is 1. The highest BCUT2D eigenvalue weighted by Crippen LogP contribution is 1.93. The fraction of sp³-hybridized carbons (Fsp3) is 0.625. The Balaban J connectivity index is 2.41. The first-order valence-corrected chi connectivity index (χ1v) is 5.29. The molecule has 0 spiro atoms. The molecule has 1 aromatic heterocycles. The van der Waals surface area contributed by atoms with Crippen LogP contribution in [-0.2, 0) is 18.0 Å². The molecule has 1 heterocycles. The van der Waals surface area contributed by atoms with Crippen LogP contribution in [0.1, 0.15) is 0 Å². The third-order valence-electron chi connectivity index (χ3n) is 1.58. The van der Waals surface area contributed by atoms with E-state index < -0.39 is 0 Å². The molecule has 0 aliphatic carbocycles. The molecule has 0 saturated carbocycles. The van der Waals surface area contributed by atoms with E-state index in [-0.39, 0.29) is 0 Å². The van der Waals surface area contributed by atoms with Gasteiger partial charge in [0.1, 0.15) is 12.4 Å². The summed E-state index contributed by atoms with van der Waals surface area (Å²) in [6, 6.07) is 0. The Hall–Kier alpha value is -0.480. The van der Waals surface area contributed by atoms with E-state index in [9.17, 15) is 0 Å².